The predicted octanol–water partition coefficient (Wildman–Crippen LogP) is 19.5. The van der Waals surface area contributed by atoms with Crippen molar-refractivity contribution in [2.24, 2.45) is 11.8 Å². The maximum atomic E-state index is 13.7. The predicted molar refractivity (Wildman–Crippen MR) is 443 cm³/mol. The Morgan fingerprint density at radius 3 is 2.14 bits per heavy atom. The SMILES string of the molecule is Cc1cc(-c2cccc(Cl)c2)ncc1[C@@H]1CCCN1C(=O)c1nccs1.Cc1cc(Cl)cc(-c2ncc3ccc(C)nc3n2)c1.Cc1cc(F)cc(N2CCCc3oc(-c4ccccn4)nc3C2)c1.Cc1cc(Oc2cc(C#N)cc(Cl)n2)ccn1.Cc1cnc(C(=O)NC23CC4CC(CC(NC(=O)c5cccc(F)c5)(C4)C2)C3)cn1. The molecule has 11 heterocycles. The molecule has 4 aromatic carbocycles. The van der Waals surface area contributed by atoms with E-state index in [1.54, 1.807) is 67.4 Å². The zero-order valence-electron chi connectivity index (χ0n) is 64.5. The number of amides is 3. The Kier molecular flexibility index (Phi) is 25.0. The van der Waals surface area contributed by atoms with Gasteiger partial charge in [0, 0.05) is 134 Å². The molecule has 116 heavy (non-hydrogen) atoms. The van der Waals surface area contributed by atoms with Gasteiger partial charge in [-0.1, -0.05) is 59.1 Å². The zero-order valence-corrected chi connectivity index (χ0v) is 67.6. The van der Waals surface area contributed by atoms with Crippen LogP contribution in [0, 0.1) is 76.3 Å². The van der Waals surface area contributed by atoms with Crippen LogP contribution in [-0.4, -0.2) is 102 Å². The number of hydrogen-bond acceptors (Lipinski definition) is 19. The van der Waals surface area contributed by atoms with E-state index in [-0.39, 0.29) is 45.8 Å². The minimum atomic E-state index is -0.420. The van der Waals surface area contributed by atoms with Crippen molar-refractivity contribution in [3.05, 3.63) is 294 Å². The third-order valence-corrected chi connectivity index (χ3v) is 22.2. The smallest absolute Gasteiger partial charge is 0.283 e. The summed E-state index contributed by atoms with van der Waals surface area (Å²) in [5, 5.41) is 20.2. The van der Waals surface area contributed by atoms with Crippen molar-refractivity contribution < 1.29 is 32.3 Å². The van der Waals surface area contributed by atoms with Crippen molar-refractivity contribution in [2.75, 3.05) is 18.0 Å². The molecule has 3 amide bonds. The number of benzene rings is 4. The number of thiazole rings is 1. The van der Waals surface area contributed by atoms with E-state index in [1.165, 1.54) is 41.8 Å². The number of ether oxygens (including phenoxy) is 1. The van der Waals surface area contributed by atoms with Gasteiger partial charge in [0.15, 0.2) is 16.5 Å². The maximum absolute atomic E-state index is 13.7. The number of nitrogens with one attached hydrogen (secondary N) is 2. The van der Waals surface area contributed by atoms with Crippen molar-refractivity contribution in [3.63, 3.8) is 0 Å². The summed E-state index contributed by atoms with van der Waals surface area (Å²) in [5.41, 5.74) is 13.2. The molecule has 2 N–H and O–H groups in total. The minimum Gasteiger partial charge on any atom is -0.440 e. The van der Waals surface area contributed by atoms with Crippen molar-refractivity contribution in [1.82, 2.24) is 70.4 Å². The van der Waals surface area contributed by atoms with Gasteiger partial charge in [0.1, 0.15) is 45.4 Å². The van der Waals surface area contributed by atoms with Gasteiger partial charge in [0.05, 0.1) is 41.8 Å². The zero-order chi connectivity index (χ0) is 81.2. The van der Waals surface area contributed by atoms with Gasteiger partial charge in [0.25, 0.3) is 17.7 Å². The number of rotatable bonds is 12. The Hall–Kier alpha value is -11.9. The highest BCUT2D eigenvalue weighted by atomic mass is 35.5. The number of halogens is 5. The average Bonchev–Trinajstić information content (AvgIpc) is 1.34. The number of fused-ring (bicyclic) bond motifs is 2. The fraction of sp³-hybridized carbons (Fsp3) is 0.270. The highest BCUT2D eigenvalue weighted by Crippen LogP contribution is 2.58. The molecule has 1 saturated heterocycles. The fourth-order valence-corrected chi connectivity index (χ4v) is 17.5. The summed E-state index contributed by atoms with van der Waals surface area (Å²) in [4.78, 5) is 90.1. The van der Waals surface area contributed by atoms with Crippen molar-refractivity contribution in [2.45, 2.75) is 129 Å². The van der Waals surface area contributed by atoms with Crippen LogP contribution < -0.4 is 20.3 Å². The maximum Gasteiger partial charge on any atom is 0.283 e. The molecule has 2 unspecified atom stereocenters. The Balaban J connectivity index is 0.000000121. The Labute approximate surface area is 689 Å². The lowest BCUT2D eigenvalue weighted by atomic mass is 9.49. The van der Waals surface area contributed by atoms with Crippen LogP contribution in [0.15, 0.2) is 199 Å². The third-order valence-electron chi connectivity index (χ3n) is 20.8. The summed E-state index contributed by atoms with van der Waals surface area (Å²) >= 11 is 19.3. The third kappa shape index (κ3) is 20.1. The second kappa shape index (κ2) is 35.9. The number of nitrogens with zero attached hydrogens (tertiary/aromatic N) is 14. The number of aromatic nitrogens is 11. The molecule has 19 rings (SSSR count). The Bertz CT molecular complexity index is 5750. The van der Waals surface area contributed by atoms with Crippen LogP contribution in [0.5, 0.6) is 11.6 Å². The van der Waals surface area contributed by atoms with Crippen molar-refractivity contribution >= 4 is 80.6 Å². The summed E-state index contributed by atoms with van der Waals surface area (Å²) in [7, 11) is 0. The van der Waals surface area contributed by atoms with Crippen LogP contribution in [0.25, 0.3) is 45.3 Å². The lowest BCUT2D eigenvalue weighted by molar-refractivity contribution is -0.0448. The van der Waals surface area contributed by atoms with E-state index in [1.807, 2.05) is 136 Å². The molecule has 3 atom stereocenters. The summed E-state index contributed by atoms with van der Waals surface area (Å²) in [6.07, 6.45) is 21.1. The van der Waals surface area contributed by atoms with Gasteiger partial charge >= 0.3 is 0 Å². The monoisotopic (exact) mass is 1630 g/mol. The van der Waals surface area contributed by atoms with Gasteiger partial charge in [-0.2, -0.15) is 5.26 Å². The number of carbonyl (C=O) groups is 3. The van der Waals surface area contributed by atoms with E-state index >= 15 is 0 Å². The first kappa shape index (κ1) is 80.7. The summed E-state index contributed by atoms with van der Waals surface area (Å²) < 4.78 is 38.7. The molecule has 6 aliphatic rings. The standard InChI is InChI=1S/C23H25FN4O2.C20H18ClN3OS.C19H18FN3O.C15H12ClN3.C12H8ClN3O/c1-14-11-26-19(12-25-14)21(30)28-23-9-15-5-16(10-23)8-22(7-15,13-23)27-20(29)17-3-2-4-18(24)6-17;1-13-10-17(14-4-2-5-15(21)11-14)23-12-16(13)18-6-3-8-24(18)20(25)19-22-7-9-26-19;1-13-9-14(20)11-15(10-13)23-8-4-6-18-17(12-23)22-19(24-18)16-5-2-3-7-21-16;1-9-5-12(7-13(16)6-9)14-17-8-11-4-3-10(2)18-15(11)19-14;1-8-4-10(2-3-15-8)17-12-6-9(7-14)5-11(13)16-12/h2-4,6,11-12,15-16H,5,7-10,13H2,1H3,(H,27,29)(H,28,30);2,4-5,7,9-12,18H,3,6,8H2,1H3;2-3,5,7,9-11H,4,6,8,12H2,1H3;3-8H,1-2H3;2-6H,1H3/t;18-;;;/m.0.../s1. The van der Waals surface area contributed by atoms with Crippen molar-refractivity contribution in [1.29, 1.82) is 5.26 Å². The second-order valence-corrected chi connectivity index (χ2v) is 32.1. The summed E-state index contributed by atoms with van der Waals surface area (Å²) in [5.74, 6) is 2.86. The number of pyridine rings is 5. The first-order valence-electron chi connectivity index (χ1n) is 38.1. The summed E-state index contributed by atoms with van der Waals surface area (Å²) in [6.45, 7) is 13.9. The van der Waals surface area contributed by atoms with E-state index in [0.717, 1.165) is 155 Å². The molecule has 2 aliphatic heterocycles. The Morgan fingerprint density at radius 1 is 0.629 bits per heavy atom. The molecule has 0 spiro atoms. The van der Waals surface area contributed by atoms with Crippen LogP contribution >= 0.6 is 46.1 Å². The quantitative estimate of drug-likeness (QED) is 0.108. The molecule has 27 heteroatoms. The van der Waals surface area contributed by atoms with Crippen LogP contribution in [0.4, 0.5) is 14.5 Å². The van der Waals surface area contributed by atoms with Crippen LogP contribution in [0.1, 0.15) is 151 Å². The number of anilines is 1. The average molecular weight is 1630 g/mol. The van der Waals surface area contributed by atoms with Gasteiger partial charge in [-0.15, -0.1) is 11.3 Å². The second-order valence-electron chi connectivity index (χ2n) is 30.0. The van der Waals surface area contributed by atoms with Crippen LogP contribution in [0.2, 0.25) is 15.2 Å². The molecule has 588 valence electrons. The number of carbonyl (C=O) groups excluding carboxylic acids is 3. The van der Waals surface area contributed by atoms with E-state index < -0.39 is 5.82 Å². The molecule has 4 saturated carbocycles. The number of aryl methyl sites for hydroxylation is 7. The molecule has 4 aliphatic carbocycles. The van der Waals surface area contributed by atoms with Gasteiger partial charge in [0.2, 0.25) is 11.8 Å². The fourth-order valence-electron chi connectivity index (χ4n) is 16.2. The molecular formula is C89H81Cl3F2N16O5S. The lowest BCUT2D eigenvalue weighted by Gasteiger charge is -2.62. The van der Waals surface area contributed by atoms with Gasteiger partial charge in [-0.25, -0.2) is 43.7 Å². The first-order valence-corrected chi connectivity index (χ1v) is 40.1. The number of oxazole rings is 1. The number of likely N-dealkylation sites (tertiary alicyclic amines) is 1. The molecule has 4 bridgehead atoms. The number of hydrogen-bond donors (Lipinski definition) is 2. The molecule has 0 radical (unpaired) electrons. The highest BCUT2D eigenvalue weighted by Gasteiger charge is 2.59. The molecular weight excluding hydrogens is 1550 g/mol. The molecule has 9 aromatic heterocycles. The van der Waals surface area contributed by atoms with E-state index in [0.29, 0.717) is 85.7 Å². The van der Waals surface area contributed by atoms with E-state index in [2.05, 4.69) is 83.3 Å². The minimum absolute atomic E-state index is 0.0146. The molecule has 13 aromatic rings. The largest absolute Gasteiger partial charge is 0.440 e. The van der Waals surface area contributed by atoms with Crippen LogP contribution in [0.3, 0.4) is 0 Å². The summed E-state index contributed by atoms with van der Waals surface area (Å²) in [6, 6.07) is 44.6. The van der Waals surface area contributed by atoms with E-state index in [4.69, 9.17) is 49.2 Å². The highest BCUT2D eigenvalue weighted by molar-refractivity contribution is 7.11. The van der Waals surface area contributed by atoms with E-state index in [9.17, 15) is 23.2 Å². The van der Waals surface area contributed by atoms with Crippen LogP contribution in [-0.2, 0) is 13.0 Å². The van der Waals surface area contributed by atoms with Gasteiger partial charge in [-0.05, 0) is 243 Å². The lowest BCUT2D eigenvalue weighted by Crippen LogP contribution is -2.69. The van der Waals surface area contributed by atoms with Gasteiger partial charge in [-0.3, -0.25) is 34.3 Å². The topological polar surface area (TPSA) is 270 Å². The van der Waals surface area contributed by atoms with Crippen molar-refractivity contribution in [3.8, 4) is 51.9 Å². The number of nitriles is 1. The molecule has 21 nitrogen and oxygen atoms in total. The van der Waals surface area contributed by atoms with Gasteiger partial charge < -0.3 is 29.6 Å². The Morgan fingerprint density at radius 2 is 1.42 bits per heavy atom. The first-order chi connectivity index (χ1) is 55.9. The normalized spacial score (nSPS) is 18.1. The molecule has 5 fully saturated rings.